The Morgan fingerprint density at radius 1 is 0.500 bits per heavy atom. The number of non-ortho nitro benzene ring substituents is 2. The van der Waals surface area contributed by atoms with Crippen LogP contribution in [0.25, 0.3) is 89.7 Å². The van der Waals surface area contributed by atoms with Crippen LogP contribution in [0.1, 0.15) is 31.3 Å². The molecule has 19 nitrogen and oxygen atoms in total. The topological polar surface area (TPSA) is 241 Å². The molecule has 0 aliphatic heterocycles. The van der Waals surface area contributed by atoms with Gasteiger partial charge in [-0.05, 0) is 148 Å². The summed E-state index contributed by atoms with van der Waals surface area (Å²) in [5, 5.41) is 28.2. The van der Waals surface area contributed by atoms with Gasteiger partial charge in [0.15, 0.2) is 0 Å². The lowest BCUT2D eigenvalue weighted by Gasteiger charge is -2.08. The van der Waals surface area contributed by atoms with Crippen LogP contribution >= 0.6 is 0 Å². The average molecular weight is 1090 g/mol. The molecule has 13 aromatic rings. The largest absolute Gasteiger partial charge is 0.399 e. The second-order valence-electron chi connectivity index (χ2n) is 18.7. The van der Waals surface area contributed by atoms with Gasteiger partial charge in [-0.15, -0.1) is 0 Å². The number of aryl methyl sites for hydroxylation is 4. The van der Waals surface area contributed by atoms with E-state index in [1.807, 2.05) is 133 Å². The molecule has 8 aromatic carbocycles. The second-order valence-corrected chi connectivity index (χ2v) is 18.7. The molecule has 0 fully saturated rings. The van der Waals surface area contributed by atoms with Gasteiger partial charge in [-0.3, -0.25) is 29.7 Å². The number of nitrogen functional groups attached to an aromatic ring is 1. The van der Waals surface area contributed by atoms with E-state index >= 15 is 0 Å². The van der Waals surface area contributed by atoms with Gasteiger partial charge >= 0.3 is 0 Å². The van der Waals surface area contributed by atoms with Gasteiger partial charge in [-0.1, -0.05) is 48.5 Å². The van der Waals surface area contributed by atoms with Crippen molar-refractivity contribution in [1.82, 2.24) is 48.4 Å². The summed E-state index contributed by atoms with van der Waals surface area (Å²) in [6, 6.07) is 62.1. The second kappa shape index (κ2) is 24.3. The number of nitrogens with zero attached hydrogens (tertiary/aromatic N) is 11. The van der Waals surface area contributed by atoms with Gasteiger partial charge in [0.05, 0.1) is 54.0 Å². The highest BCUT2D eigenvalue weighted by Crippen LogP contribution is 2.30. The third kappa shape index (κ3) is 11.7. The van der Waals surface area contributed by atoms with E-state index in [4.69, 9.17) is 15.7 Å². The fraction of sp³-hybridized carbons (Fsp3) is 0.111. The maximum atomic E-state index is 12.3. The first kappa shape index (κ1) is 54.3. The third-order valence-electron chi connectivity index (χ3n) is 13.6. The summed E-state index contributed by atoms with van der Waals surface area (Å²) < 4.78 is 8.07. The van der Waals surface area contributed by atoms with Crippen LogP contribution in [0, 0.1) is 20.2 Å². The average Bonchev–Trinajstić information content (AvgIpc) is 4.43. The molecule has 19 heteroatoms. The van der Waals surface area contributed by atoms with E-state index in [9.17, 15) is 25.0 Å². The number of nitrogens with one attached hydrogen (secondary N) is 2. The molecule has 1 amide bonds. The fourth-order valence-corrected chi connectivity index (χ4v) is 9.54. The molecular weight excluding hydrogens is 1030 g/mol. The van der Waals surface area contributed by atoms with E-state index in [1.54, 1.807) is 48.3 Å². The number of imidazole rings is 4. The minimum absolute atomic E-state index is 0.0786. The molecule has 408 valence electrons. The van der Waals surface area contributed by atoms with Gasteiger partial charge in [-0.2, -0.15) is 5.10 Å². The summed E-state index contributed by atoms with van der Waals surface area (Å²) in [7, 11) is 1.74. The number of aromatic amines is 1. The van der Waals surface area contributed by atoms with Crippen molar-refractivity contribution in [2.24, 2.45) is 7.05 Å². The van der Waals surface area contributed by atoms with Crippen molar-refractivity contribution in [3.63, 3.8) is 0 Å². The van der Waals surface area contributed by atoms with Gasteiger partial charge in [0.2, 0.25) is 0 Å². The zero-order valence-electron chi connectivity index (χ0n) is 45.3. The molecular formula is C63H56N14O5. The Balaban J connectivity index is 0.000000124. The number of nitro groups is 2. The molecule has 82 heavy (non-hydrogen) atoms. The smallest absolute Gasteiger partial charge is 0.273 e. The van der Waals surface area contributed by atoms with E-state index in [1.165, 1.54) is 29.8 Å². The first-order chi connectivity index (χ1) is 39.9. The summed E-state index contributed by atoms with van der Waals surface area (Å²) in [5.74, 6) is 3.30. The Bertz CT molecular complexity index is 4330. The number of carbonyl (C=O) groups is 1. The predicted octanol–water partition coefficient (Wildman–Crippen LogP) is 13.8. The van der Waals surface area contributed by atoms with Crippen LogP contribution in [0.4, 0.5) is 22.7 Å². The molecule has 5 aromatic heterocycles. The number of rotatable bonds is 11. The van der Waals surface area contributed by atoms with Gasteiger partial charge < -0.3 is 29.7 Å². The molecule has 0 saturated heterocycles. The molecule has 0 bridgehead atoms. The number of anilines is 2. The lowest BCUT2D eigenvalue weighted by Crippen LogP contribution is -2.15. The number of fused-ring (bicyclic) bond motifs is 4. The van der Waals surface area contributed by atoms with Gasteiger partial charge in [0.1, 0.15) is 29.0 Å². The van der Waals surface area contributed by atoms with E-state index in [2.05, 4.69) is 72.0 Å². The summed E-state index contributed by atoms with van der Waals surface area (Å²) in [4.78, 5) is 54.4. The van der Waals surface area contributed by atoms with Gasteiger partial charge in [-0.25, -0.2) is 19.9 Å². The fourth-order valence-electron chi connectivity index (χ4n) is 9.54. The summed E-state index contributed by atoms with van der Waals surface area (Å²) in [6.07, 6.45) is 1.60. The Morgan fingerprint density at radius 2 is 0.890 bits per heavy atom. The van der Waals surface area contributed by atoms with Crippen LogP contribution in [0.15, 0.2) is 206 Å². The number of amides is 1. The monoisotopic (exact) mass is 1090 g/mol. The van der Waals surface area contributed by atoms with Crippen LogP contribution < -0.4 is 11.1 Å². The van der Waals surface area contributed by atoms with Gasteiger partial charge in [0, 0.05) is 90.8 Å². The Kier molecular flexibility index (Phi) is 16.1. The Morgan fingerprint density at radius 3 is 1.29 bits per heavy atom. The first-order valence-electron chi connectivity index (χ1n) is 26.5. The summed E-state index contributed by atoms with van der Waals surface area (Å²) in [5.41, 5.74) is 19.9. The number of nitrogens with two attached hydrogens (primary N) is 1. The van der Waals surface area contributed by atoms with Crippen LogP contribution in [0.3, 0.4) is 0 Å². The minimum atomic E-state index is -0.414. The quantitative estimate of drug-likeness (QED) is 0.0625. The van der Waals surface area contributed by atoms with Crippen LogP contribution in [0.5, 0.6) is 0 Å². The van der Waals surface area contributed by atoms with Crippen molar-refractivity contribution >= 4 is 72.8 Å². The molecule has 13 rings (SSSR count). The normalized spacial score (nSPS) is 10.9. The molecule has 0 saturated carbocycles. The predicted molar refractivity (Wildman–Crippen MR) is 323 cm³/mol. The number of carbonyl (C=O) groups excluding carboxylic acids is 1. The number of H-pyrrole nitrogens is 1. The number of benzene rings is 8. The molecule has 0 radical (unpaired) electrons. The van der Waals surface area contributed by atoms with Crippen LogP contribution in [-0.4, -0.2) is 64.2 Å². The van der Waals surface area contributed by atoms with E-state index in [-0.39, 0.29) is 17.3 Å². The SMILES string of the molecule is CCn1c(-c2ccc(N)cc2)nc2ccccc21.CCn1c(-c2ccc(NC(=O)c3ccnn3C)cc2)nc2ccccc21.CCn1c(-c2ccc([N+](=O)[O-])cc2)nc2ccccc21.O=[N+]([O-])c1ccc(-c2nc3ccccc3[nH]2)cc1. The maximum absolute atomic E-state index is 12.3. The van der Waals surface area contributed by atoms with Crippen molar-refractivity contribution in [3.05, 3.63) is 232 Å². The van der Waals surface area contributed by atoms with Crippen molar-refractivity contribution in [1.29, 1.82) is 0 Å². The first-order valence-corrected chi connectivity index (χ1v) is 26.5. The van der Waals surface area contributed by atoms with Crippen molar-refractivity contribution in [3.8, 4) is 45.6 Å². The number of para-hydroxylation sites is 8. The number of hydrogen-bond acceptors (Lipinski definition) is 11. The van der Waals surface area contributed by atoms with Crippen LogP contribution in [0.2, 0.25) is 0 Å². The molecule has 0 aliphatic rings. The molecule has 0 spiro atoms. The van der Waals surface area contributed by atoms with E-state index < -0.39 is 9.85 Å². The van der Waals surface area contributed by atoms with E-state index in [0.29, 0.717) is 11.5 Å². The lowest BCUT2D eigenvalue weighted by atomic mass is 10.2. The maximum Gasteiger partial charge on any atom is 0.273 e. The zero-order chi connectivity index (χ0) is 57.3. The third-order valence-corrected chi connectivity index (χ3v) is 13.6. The number of aromatic nitrogens is 10. The molecule has 0 aliphatic carbocycles. The highest BCUT2D eigenvalue weighted by Gasteiger charge is 2.16. The van der Waals surface area contributed by atoms with Crippen LogP contribution in [-0.2, 0) is 26.7 Å². The summed E-state index contributed by atoms with van der Waals surface area (Å²) in [6.45, 7) is 8.85. The Labute approximate surface area is 470 Å². The van der Waals surface area contributed by atoms with Crippen molar-refractivity contribution in [2.45, 2.75) is 40.4 Å². The van der Waals surface area contributed by atoms with Crippen molar-refractivity contribution in [2.75, 3.05) is 11.1 Å². The molecule has 4 N–H and O–H groups in total. The highest BCUT2D eigenvalue weighted by molar-refractivity contribution is 6.03. The molecule has 5 heterocycles. The molecule has 0 atom stereocenters. The lowest BCUT2D eigenvalue weighted by molar-refractivity contribution is -0.385. The van der Waals surface area contributed by atoms with E-state index in [0.717, 1.165) is 109 Å². The highest BCUT2D eigenvalue weighted by atomic mass is 16.6. The zero-order valence-corrected chi connectivity index (χ0v) is 45.3. The Hall–Kier alpha value is -11.1. The minimum Gasteiger partial charge on any atom is -0.399 e. The number of nitro benzene ring substituents is 2. The summed E-state index contributed by atoms with van der Waals surface area (Å²) >= 11 is 0. The standard InChI is InChI=1S/C20H19N5O.C15H13N3O2.C15H15N3.C13H9N3O2/c1-3-25-17-7-5-4-6-16(17)23-19(25)14-8-10-15(11-9-14)22-20(26)18-12-13-21-24(18)2;1-2-17-14-6-4-3-5-13(14)16-15(17)11-7-9-12(10-8-11)18(19)20;1-2-18-14-6-4-3-5-13(14)17-15(18)11-7-9-12(16)10-8-11;17-16(18)10-7-5-9(6-8-10)13-14-11-3-1-2-4-12(11)15-13/h4-13H,3H2,1-2H3,(H,22,26);3-10H,2H2,1H3;3-10H,2,16H2,1H3;1-8H,(H,14,15). The van der Waals surface area contributed by atoms with Gasteiger partial charge in [0.25, 0.3) is 17.3 Å². The molecule has 0 unspecified atom stereocenters. The number of hydrogen-bond donors (Lipinski definition) is 3. The van der Waals surface area contributed by atoms with Crippen molar-refractivity contribution < 1.29 is 14.6 Å².